The molecule has 2 aromatic carbocycles. The van der Waals surface area contributed by atoms with E-state index in [0.29, 0.717) is 37.3 Å². The number of esters is 1. The summed E-state index contributed by atoms with van der Waals surface area (Å²) in [7, 11) is 1.30. The summed E-state index contributed by atoms with van der Waals surface area (Å²) in [5, 5.41) is 10.8. The van der Waals surface area contributed by atoms with Crippen LogP contribution in [0.25, 0.3) is 6.08 Å². The van der Waals surface area contributed by atoms with Crippen LogP contribution in [0.3, 0.4) is 0 Å². The highest BCUT2D eigenvalue weighted by atomic mass is 16.5. The summed E-state index contributed by atoms with van der Waals surface area (Å²) in [6.45, 7) is 4.19. The number of allylic oxidation sites excluding steroid dienone is 1. The Hall–Kier alpha value is -3.75. The number of carbonyl (C=O) groups excluding carboxylic acids is 3. The van der Waals surface area contributed by atoms with Crippen LogP contribution in [0.15, 0.2) is 72.0 Å². The normalized spacial score (nSPS) is 18.8. The molecular formula is C28H30N2O6. The van der Waals surface area contributed by atoms with Gasteiger partial charge in [-0.1, -0.05) is 48.5 Å². The molecule has 0 aliphatic carbocycles. The fraction of sp³-hybridized carbons (Fsp3) is 0.321. The third-order valence-electron chi connectivity index (χ3n) is 6.42. The van der Waals surface area contributed by atoms with Gasteiger partial charge < -0.3 is 19.5 Å². The summed E-state index contributed by atoms with van der Waals surface area (Å²) in [6.07, 6.45) is 3.71. The Morgan fingerprint density at radius 3 is 2.42 bits per heavy atom. The quantitative estimate of drug-likeness (QED) is 0.426. The molecule has 0 spiro atoms. The molecular weight excluding hydrogens is 460 g/mol. The molecule has 8 heteroatoms. The standard InChI is InChI=1S/C28H30N2O6/c1-35-28(34)22-11-9-21(10-12-22)25-24(23(31)13-8-20-6-3-2-4-7-20)26(32)27(33)30(25)15-5-14-29-16-18-36-19-17-29/h2-4,6-13,25,32H,5,14-19H2,1H3/b13-8+. The summed E-state index contributed by atoms with van der Waals surface area (Å²) in [6, 6.07) is 15.1. The fourth-order valence-electron chi connectivity index (χ4n) is 4.52. The molecule has 8 nitrogen and oxygen atoms in total. The van der Waals surface area contributed by atoms with Crippen molar-refractivity contribution in [3.05, 3.63) is 88.7 Å². The summed E-state index contributed by atoms with van der Waals surface area (Å²) in [5.41, 5.74) is 1.85. The van der Waals surface area contributed by atoms with Gasteiger partial charge in [0.1, 0.15) is 0 Å². The number of methoxy groups -OCH3 is 1. The predicted molar refractivity (Wildman–Crippen MR) is 134 cm³/mol. The van der Waals surface area contributed by atoms with Crippen molar-refractivity contribution < 1.29 is 29.0 Å². The number of aliphatic hydroxyl groups excluding tert-OH is 1. The topological polar surface area (TPSA) is 96.4 Å². The zero-order chi connectivity index (χ0) is 25.5. The average molecular weight is 491 g/mol. The van der Waals surface area contributed by atoms with Crippen LogP contribution in [0.5, 0.6) is 0 Å². The molecule has 4 rings (SSSR count). The first kappa shape index (κ1) is 25.3. The van der Waals surface area contributed by atoms with Crippen molar-refractivity contribution in [3.63, 3.8) is 0 Å². The van der Waals surface area contributed by atoms with E-state index < -0.39 is 29.5 Å². The molecule has 0 saturated carbocycles. The Kier molecular flexibility index (Phi) is 8.30. The fourth-order valence-corrected chi connectivity index (χ4v) is 4.52. The SMILES string of the molecule is COC(=O)c1ccc(C2C(C(=O)/C=C/c3ccccc3)=C(O)C(=O)N2CCCN2CCOCC2)cc1. The second-order valence-electron chi connectivity index (χ2n) is 8.69. The van der Waals surface area contributed by atoms with E-state index in [2.05, 4.69) is 4.90 Å². The van der Waals surface area contributed by atoms with E-state index in [0.717, 1.165) is 25.2 Å². The monoisotopic (exact) mass is 490 g/mol. The van der Waals surface area contributed by atoms with E-state index in [-0.39, 0.29) is 5.57 Å². The van der Waals surface area contributed by atoms with Gasteiger partial charge >= 0.3 is 5.97 Å². The van der Waals surface area contributed by atoms with E-state index in [9.17, 15) is 19.5 Å². The van der Waals surface area contributed by atoms with Crippen LogP contribution >= 0.6 is 0 Å². The average Bonchev–Trinajstić information content (AvgIpc) is 3.17. The van der Waals surface area contributed by atoms with Crippen LogP contribution in [0.2, 0.25) is 0 Å². The largest absolute Gasteiger partial charge is 0.503 e. The van der Waals surface area contributed by atoms with E-state index >= 15 is 0 Å². The summed E-state index contributed by atoms with van der Waals surface area (Å²) in [4.78, 5) is 42.1. The molecule has 1 fully saturated rings. The second-order valence-corrected chi connectivity index (χ2v) is 8.69. The van der Waals surface area contributed by atoms with Gasteiger partial charge in [-0.15, -0.1) is 0 Å². The van der Waals surface area contributed by atoms with Gasteiger partial charge in [0, 0.05) is 26.2 Å². The predicted octanol–water partition coefficient (Wildman–Crippen LogP) is 3.17. The van der Waals surface area contributed by atoms with Gasteiger partial charge in [0.15, 0.2) is 11.5 Å². The number of benzene rings is 2. The zero-order valence-corrected chi connectivity index (χ0v) is 20.3. The highest BCUT2D eigenvalue weighted by Gasteiger charge is 2.42. The summed E-state index contributed by atoms with van der Waals surface area (Å²) < 4.78 is 10.2. The maximum Gasteiger partial charge on any atom is 0.337 e. The van der Waals surface area contributed by atoms with Crippen LogP contribution in [0, 0.1) is 0 Å². The highest BCUT2D eigenvalue weighted by molar-refractivity contribution is 6.14. The smallest absolute Gasteiger partial charge is 0.337 e. The van der Waals surface area contributed by atoms with Gasteiger partial charge in [0.05, 0.1) is 37.5 Å². The molecule has 2 aliphatic rings. The molecule has 2 aromatic rings. The van der Waals surface area contributed by atoms with Gasteiger partial charge in [-0.2, -0.15) is 0 Å². The number of carbonyl (C=O) groups is 3. The molecule has 0 aromatic heterocycles. The first-order chi connectivity index (χ1) is 17.5. The minimum absolute atomic E-state index is 0.0318. The molecule has 36 heavy (non-hydrogen) atoms. The van der Waals surface area contributed by atoms with Gasteiger partial charge in [0.2, 0.25) is 0 Å². The first-order valence-electron chi connectivity index (χ1n) is 12.0. The van der Waals surface area contributed by atoms with E-state index in [4.69, 9.17) is 9.47 Å². The number of nitrogens with zero attached hydrogens (tertiary/aromatic N) is 2. The van der Waals surface area contributed by atoms with Crippen LogP contribution in [0.1, 0.15) is 33.9 Å². The molecule has 1 saturated heterocycles. The van der Waals surface area contributed by atoms with Crippen LogP contribution in [-0.2, 0) is 19.1 Å². The molecule has 0 bridgehead atoms. The zero-order valence-electron chi connectivity index (χ0n) is 20.3. The second kappa shape index (κ2) is 11.8. The van der Waals surface area contributed by atoms with Crippen LogP contribution in [-0.4, -0.2) is 79.1 Å². The molecule has 1 amide bonds. The lowest BCUT2D eigenvalue weighted by Crippen LogP contribution is -2.39. The van der Waals surface area contributed by atoms with Gasteiger partial charge in [-0.05, 0) is 35.8 Å². The minimum atomic E-state index is -0.762. The molecule has 1 unspecified atom stereocenters. The van der Waals surface area contributed by atoms with Crippen molar-refractivity contribution in [2.45, 2.75) is 12.5 Å². The summed E-state index contributed by atoms with van der Waals surface area (Å²) >= 11 is 0. The van der Waals surface area contributed by atoms with Gasteiger partial charge in [-0.3, -0.25) is 14.5 Å². The lowest BCUT2D eigenvalue weighted by molar-refractivity contribution is -0.129. The molecule has 2 heterocycles. The Bertz CT molecular complexity index is 1150. The number of hydrogen-bond donors (Lipinski definition) is 1. The van der Waals surface area contributed by atoms with Crippen molar-refractivity contribution in [2.75, 3.05) is 46.5 Å². The van der Waals surface area contributed by atoms with E-state index in [1.54, 1.807) is 30.3 Å². The van der Waals surface area contributed by atoms with Crippen molar-refractivity contribution in [3.8, 4) is 0 Å². The van der Waals surface area contributed by atoms with Crippen molar-refractivity contribution in [1.82, 2.24) is 9.80 Å². The Labute approximate surface area is 210 Å². The molecule has 188 valence electrons. The highest BCUT2D eigenvalue weighted by Crippen LogP contribution is 2.38. The maximum absolute atomic E-state index is 13.3. The van der Waals surface area contributed by atoms with E-state index in [1.807, 2.05) is 30.3 Å². The molecule has 1 atom stereocenters. The minimum Gasteiger partial charge on any atom is -0.503 e. The Balaban J connectivity index is 1.59. The third-order valence-corrected chi connectivity index (χ3v) is 6.42. The molecule has 0 radical (unpaired) electrons. The number of ether oxygens (including phenoxy) is 2. The third kappa shape index (κ3) is 5.72. The molecule has 1 N–H and O–H groups in total. The Morgan fingerprint density at radius 1 is 1.06 bits per heavy atom. The van der Waals surface area contributed by atoms with Crippen LogP contribution in [0.4, 0.5) is 0 Å². The van der Waals surface area contributed by atoms with Crippen LogP contribution < -0.4 is 0 Å². The van der Waals surface area contributed by atoms with Crippen molar-refractivity contribution in [2.24, 2.45) is 0 Å². The summed E-state index contributed by atoms with van der Waals surface area (Å²) in [5.74, 6) is -2.03. The van der Waals surface area contributed by atoms with Gasteiger partial charge in [-0.25, -0.2) is 4.79 Å². The number of amides is 1. The number of ketones is 1. The van der Waals surface area contributed by atoms with Crippen molar-refractivity contribution in [1.29, 1.82) is 0 Å². The number of hydrogen-bond acceptors (Lipinski definition) is 7. The number of rotatable bonds is 9. The molecule has 2 aliphatic heterocycles. The lowest BCUT2D eigenvalue weighted by Gasteiger charge is -2.30. The lowest BCUT2D eigenvalue weighted by atomic mass is 9.94. The number of morpholine rings is 1. The number of aliphatic hydroxyl groups is 1. The first-order valence-corrected chi connectivity index (χ1v) is 12.0. The van der Waals surface area contributed by atoms with E-state index in [1.165, 1.54) is 18.1 Å². The van der Waals surface area contributed by atoms with Crippen molar-refractivity contribution >= 4 is 23.7 Å². The Morgan fingerprint density at radius 2 is 1.75 bits per heavy atom. The maximum atomic E-state index is 13.3. The van der Waals surface area contributed by atoms with Gasteiger partial charge in [0.25, 0.3) is 5.91 Å².